The van der Waals surface area contributed by atoms with Crippen LogP contribution in [0.1, 0.15) is 24.6 Å². The van der Waals surface area contributed by atoms with Crippen molar-refractivity contribution in [1.29, 1.82) is 0 Å². The van der Waals surface area contributed by atoms with Gasteiger partial charge >= 0.3 is 5.97 Å². The lowest BCUT2D eigenvalue weighted by Crippen LogP contribution is -2.71. The van der Waals surface area contributed by atoms with Gasteiger partial charge in [0.1, 0.15) is 67.1 Å². The zero-order valence-electron chi connectivity index (χ0n) is 31.3. The Morgan fingerprint density at radius 3 is 2.26 bits per heavy atom. The molecule has 2 aromatic rings. The first-order chi connectivity index (χ1) is 27.7. The van der Waals surface area contributed by atoms with Crippen LogP contribution in [0.25, 0.3) is 0 Å². The van der Waals surface area contributed by atoms with Crippen LogP contribution in [0.15, 0.2) is 36.5 Å². The van der Waals surface area contributed by atoms with Crippen molar-refractivity contribution in [3.05, 3.63) is 47.8 Å². The van der Waals surface area contributed by atoms with Gasteiger partial charge in [0.15, 0.2) is 12.6 Å². The smallest absolute Gasteiger partial charge is 0.364 e. The Hall–Kier alpha value is -3.34. The van der Waals surface area contributed by atoms with Gasteiger partial charge in [-0.25, -0.2) is 9.48 Å². The van der Waals surface area contributed by atoms with Crippen molar-refractivity contribution >= 4 is 11.9 Å². The molecule has 1 aromatic heterocycles. The molecule has 5 rings (SSSR count). The molecule has 5 unspecified atom stereocenters. The predicted molar refractivity (Wildman–Crippen MR) is 188 cm³/mol. The highest BCUT2D eigenvalue weighted by Gasteiger charge is 2.60. The first-order valence-corrected chi connectivity index (χ1v) is 18.6. The summed E-state index contributed by atoms with van der Waals surface area (Å²) in [4.78, 5) is 26.0. The fourth-order valence-corrected chi connectivity index (χ4v) is 6.94. The molecule has 326 valence electrons. The van der Waals surface area contributed by atoms with E-state index in [1.54, 1.807) is 36.5 Å². The van der Waals surface area contributed by atoms with Gasteiger partial charge in [-0.1, -0.05) is 42.5 Å². The maximum absolute atomic E-state index is 13.0. The quantitative estimate of drug-likeness (QED) is 0.0665. The summed E-state index contributed by atoms with van der Waals surface area (Å²) in [6.07, 6.45) is -25.3. The average Bonchev–Trinajstić information content (AvgIpc) is 3.68. The van der Waals surface area contributed by atoms with Gasteiger partial charge in [-0.2, -0.15) is 0 Å². The zero-order chi connectivity index (χ0) is 42.3. The number of hydrogen-bond acceptors (Lipinski definition) is 20. The van der Waals surface area contributed by atoms with E-state index in [9.17, 15) is 65.8 Å². The molecule has 0 aliphatic carbocycles. The van der Waals surface area contributed by atoms with E-state index in [-0.39, 0.29) is 19.6 Å². The van der Waals surface area contributed by atoms with Crippen molar-refractivity contribution in [3.8, 4) is 0 Å². The number of aliphatic hydroxyl groups excluding tert-OH is 10. The second kappa shape index (κ2) is 20.3. The summed E-state index contributed by atoms with van der Waals surface area (Å²) in [5.41, 5.74) is 1.29. The number of carbonyl (C=O) groups excluding carboxylic acids is 1. The van der Waals surface area contributed by atoms with E-state index in [1.165, 1.54) is 4.68 Å². The van der Waals surface area contributed by atoms with E-state index >= 15 is 0 Å². The molecule has 0 saturated carbocycles. The van der Waals surface area contributed by atoms with Crippen molar-refractivity contribution in [2.75, 3.05) is 26.4 Å². The summed E-state index contributed by atoms with van der Waals surface area (Å²) in [5, 5.41) is 128. The van der Waals surface area contributed by atoms with Crippen LogP contribution in [-0.4, -0.2) is 207 Å². The first kappa shape index (κ1) is 45.7. The van der Waals surface area contributed by atoms with Crippen LogP contribution < -0.4 is 5.32 Å². The number of aryl methyl sites for hydroxylation is 1. The van der Waals surface area contributed by atoms with Gasteiger partial charge in [0.05, 0.1) is 57.2 Å². The van der Waals surface area contributed by atoms with Crippen molar-refractivity contribution in [2.45, 2.75) is 130 Å². The van der Waals surface area contributed by atoms with Crippen molar-refractivity contribution < 1.29 is 94.2 Å². The lowest BCUT2D eigenvalue weighted by molar-refractivity contribution is -0.386. The molecule has 0 radical (unpaired) electrons. The zero-order valence-corrected chi connectivity index (χ0v) is 31.3. The van der Waals surface area contributed by atoms with Crippen LogP contribution in [0.2, 0.25) is 0 Å². The molecule has 3 aliphatic rings. The number of amides is 1. The van der Waals surface area contributed by atoms with Gasteiger partial charge in [-0.05, 0) is 12.0 Å². The summed E-state index contributed by atoms with van der Waals surface area (Å²) in [6.45, 7) is -0.845. The van der Waals surface area contributed by atoms with Gasteiger partial charge in [-0.3, -0.25) is 4.79 Å². The Balaban J connectivity index is 1.33. The molecule has 4 heterocycles. The largest absolute Gasteiger partial charge is 0.477 e. The standard InChI is InChI=1S/C35H52N4O19/c1-2-17-12-39(38-37-17)8-9-53-32-27(49)26(48)29(21(15-42)55-32)56-33-28(50)31(25(47)20(14-41)54-33)58-35(34(51)52)11-18(43)23(30(57-35)24(46)19(44)13-40)36-22(45)10-16-6-4-3-5-7-16/h3-7,12,18-21,23-33,40-44,46-50H,2,8-11,13-15H2,1H3,(H,36,45)(H,51,52)/t18-,19-,20?,21?,23-,24-,25+,26?,27+,28+,29-,30?,31?,32-,33+,35+/m1/s1. The maximum Gasteiger partial charge on any atom is 0.364 e. The summed E-state index contributed by atoms with van der Waals surface area (Å²) in [6, 6.07) is 6.76. The molecule has 1 amide bonds. The number of aliphatic hydroxyl groups is 10. The number of carbonyl (C=O) groups is 2. The number of ether oxygens (including phenoxy) is 6. The molecular formula is C35H52N4O19. The molecule has 0 spiro atoms. The van der Waals surface area contributed by atoms with Crippen molar-refractivity contribution in [1.82, 2.24) is 20.3 Å². The molecule has 3 saturated heterocycles. The minimum Gasteiger partial charge on any atom is -0.477 e. The number of aliphatic carboxylic acids is 1. The van der Waals surface area contributed by atoms with Crippen LogP contribution >= 0.6 is 0 Å². The molecule has 23 nitrogen and oxygen atoms in total. The normalized spacial score (nSPS) is 36.6. The van der Waals surface area contributed by atoms with E-state index < -0.39 is 136 Å². The van der Waals surface area contributed by atoms with E-state index in [0.29, 0.717) is 12.0 Å². The molecule has 58 heavy (non-hydrogen) atoms. The lowest BCUT2D eigenvalue weighted by atomic mass is 9.88. The van der Waals surface area contributed by atoms with E-state index in [1.807, 2.05) is 6.92 Å². The second-order valence-electron chi connectivity index (χ2n) is 14.2. The highest BCUT2D eigenvalue weighted by atomic mass is 16.8. The van der Waals surface area contributed by atoms with E-state index in [4.69, 9.17) is 28.4 Å². The van der Waals surface area contributed by atoms with Gasteiger partial charge in [0.2, 0.25) is 5.91 Å². The minimum absolute atomic E-state index is 0.0656. The van der Waals surface area contributed by atoms with Gasteiger partial charge in [0.25, 0.3) is 5.79 Å². The predicted octanol–water partition coefficient (Wildman–Crippen LogP) is -6.12. The fraction of sp³-hybridized carbons (Fsp3) is 0.714. The summed E-state index contributed by atoms with van der Waals surface area (Å²) < 4.78 is 35.5. The Morgan fingerprint density at radius 2 is 1.64 bits per heavy atom. The number of rotatable bonds is 18. The number of aromatic nitrogens is 3. The molecular weight excluding hydrogens is 780 g/mol. The number of benzene rings is 1. The monoisotopic (exact) mass is 832 g/mol. The van der Waals surface area contributed by atoms with Crippen LogP contribution in [0.4, 0.5) is 0 Å². The molecule has 12 N–H and O–H groups in total. The van der Waals surface area contributed by atoms with Gasteiger partial charge in [-0.15, -0.1) is 5.10 Å². The van der Waals surface area contributed by atoms with E-state index in [2.05, 4.69) is 15.6 Å². The molecule has 23 heteroatoms. The van der Waals surface area contributed by atoms with Crippen LogP contribution in [0, 0.1) is 0 Å². The first-order valence-electron chi connectivity index (χ1n) is 18.6. The third kappa shape index (κ3) is 10.3. The maximum atomic E-state index is 13.0. The molecule has 3 aliphatic heterocycles. The Labute approximate surface area is 330 Å². The summed E-state index contributed by atoms with van der Waals surface area (Å²) >= 11 is 0. The fourth-order valence-electron chi connectivity index (χ4n) is 6.94. The van der Waals surface area contributed by atoms with Crippen LogP contribution in [0.3, 0.4) is 0 Å². The number of nitrogens with zero attached hydrogens (tertiary/aromatic N) is 3. The summed E-state index contributed by atoms with van der Waals surface area (Å²) in [7, 11) is 0. The molecule has 1 aromatic carbocycles. The number of carboxylic acids is 1. The van der Waals surface area contributed by atoms with Crippen molar-refractivity contribution in [3.63, 3.8) is 0 Å². The van der Waals surface area contributed by atoms with Gasteiger partial charge in [0, 0.05) is 12.6 Å². The number of carboxylic acid groups (broad SMARTS) is 1. The average molecular weight is 833 g/mol. The third-order valence-electron chi connectivity index (χ3n) is 10.2. The Kier molecular flexibility index (Phi) is 16.0. The third-order valence-corrected chi connectivity index (χ3v) is 10.2. The van der Waals surface area contributed by atoms with E-state index in [0.717, 1.165) is 5.69 Å². The van der Waals surface area contributed by atoms with Gasteiger partial charge < -0.3 is 89.9 Å². The van der Waals surface area contributed by atoms with Crippen LogP contribution in [0.5, 0.6) is 0 Å². The molecule has 0 bridgehead atoms. The number of hydrogen-bond donors (Lipinski definition) is 12. The minimum atomic E-state index is -3.07. The molecule has 3 fully saturated rings. The lowest BCUT2D eigenvalue weighted by Gasteiger charge is -2.50. The highest BCUT2D eigenvalue weighted by Crippen LogP contribution is 2.38. The summed E-state index contributed by atoms with van der Waals surface area (Å²) in [5.74, 6) is -5.74. The Bertz CT molecular complexity index is 1610. The number of nitrogens with one attached hydrogen (secondary N) is 1. The second-order valence-corrected chi connectivity index (χ2v) is 14.2. The van der Waals surface area contributed by atoms with Crippen molar-refractivity contribution in [2.24, 2.45) is 0 Å². The highest BCUT2D eigenvalue weighted by molar-refractivity contribution is 5.79. The SMILES string of the molecule is CCc1cn(CCO[C@@H]2OC(CO)[C@@H](O[C@@H]3OC(CO)[C@H](O)C(O[C@]4(C(=O)O)C[C@@H](O)[C@@H](NC(=O)Cc5ccccc5)C([C@H](O)[C@H](O)CO)O4)[C@@H]3O)C(O)[C@@H]2O)nn1. The topological polar surface area (TPSA) is 355 Å². The Morgan fingerprint density at radius 1 is 0.948 bits per heavy atom. The van der Waals surface area contributed by atoms with Crippen LogP contribution in [-0.2, 0) is 57.4 Å². The molecule has 16 atom stereocenters.